The maximum absolute atomic E-state index is 12.8. The molecule has 0 unspecified atom stereocenters. The molecule has 0 radical (unpaired) electrons. The highest BCUT2D eigenvalue weighted by Crippen LogP contribution is 2.43. The van der Waals surface area contributed by atoms with Gasteiger partial charge in [-0.1, -0.05) is 0 Å². The molecule has 2 aromatic carbocycles. The predicted octanol–water partition coefficient (Wildman–Crippen LogP) is -1.69. The molecule has 2 saturated heterocycles. The highest BCUT2D eigenvalue weighted by molar-refractivity contribution is 5.89. The van der Waals surface area contributed by atoms with Gasteiger partial charge >= 0.3 is 0 Å². The maximum atomic E-state index is 12.8. The summed E-state index contributed by atoms with van der Waals surface area (Å²) >= 11 is 0. The molecule has 0 saturated carbocycles. The Bertz CT molecular complexity index is 1540. The highest BCUT2D eigenvalue weighted by Gasteiger charge is 2.47. The second-order valence-electron chi connectivity index (χ2n) is 10.3. The number of rotatable bonds is 6. The number of fused-ring (bicyclic) bond motifs is 1. The van der Waals surface area contributed by atoms with E-state index in [4.69, 9.17) is 23.4 Å². The van der Waals surface area contributed by atoms with Gasteiger partial charge in [0, 0.05) is 17.7 Å². The molecule has 234 valence electrons. The van der Waals surface area contributed by atoms with Gasteiger partial charge in [0.1, 0.15) is 59.5 Å². The van der Waals surface area contributed by atoms with Gasteiger partial charge in [-0.3, -0.25) is 4.79 Å². The molecule has 0 spiro atoms. The Labute approximate surface area is 241 Å². The van der Waals surface area contributed by atoms with Crippen LogP contribution in [0.15, 0.2) is 39.5 Å². The van der Waals surface area contributed by atoms with Crippen molar-refractivity contribution in [2.75, 3.05) is 6.61 Å². The molecule has 10 atom stereocenters. The summed E-state index contributed by atoms with van der Waals surface area (Å²) in [6.07, 6.45) is -15.8. The minimum atomic E-state index is -1.91. The summed E-state index contributed by atoms with van der Waals surface area (Å²) in [5.41, 5.74) is -0.907. The number of phenols is 4. The first-order valence-electron chi connectivity index (χ1n) is 13.0. The van der Waals surface area contributed by atoms with Crippen molar-refractivity contribution < 1.29 is 74.4 Å². The first-order valence-corrected chi connectivity index (χ1v) is 13.0. The molecule has 0 amide bonds. The summed E-state index contributed by atoms with van der Waals surface area (Å²) < 4.78 is 27.5. The number of hydrogen-bond acceptors (Lipinski definition) is 16. The Morgan fingerprint density at radius 2 is 1.42 bits per heavy atom. The average Bonchev–Trinajstić information content (AvgIpc) is 2.97. The van der Waals surface area contributed by atoms with Crippen molar-refractivity contribution in [3.63, 3.8) is 0 Å². The molecule has 43 heavy (non-hydrogen) atoms. The molecular weight excluding hydrogens is 580 g/mol. The number of ether oxygens (including phenoxy) is 4. The Morgan fingerprint density at radius 3 is 2.12 bits per heavy atom. The fourth-order valence-electron chi connectivity index (χ4n) is 4.80. The number of aliphatic hydroxyl groups excluding tert-OH is 6. The monoisotopic (exact) mass is 610 g/mol. The van der Waals surface area contributed by atoms with E-state index in [0.717, 1.165) is 24.3 Å². The zero-order chi connectivity index (χ0) is 31.3. The number of hydrogen-bond donors (Lipinski definition) is 10. The van der Waals surface area contributed by atoms with Crippen LogP contribution < -0.4 is 10.2 Å². The first kappa shape index (κ1) is 30.7. The van der Waals surface area contributed by atoms with Crippen molar-refractivity contribution in [2.45, 2.75) is 68.3 Å². The highest BCUT2D eigenvalue weighted by atomic mass is 16.7. The van der Waals surface area contributed by atoms with Gasteiger partial charge in [0.15, 0.2) is 34.7 Å². The number of aliphatic hydroxyl groups is 6. The van der Waals surface area contributed by atoms with Gasteiger partial charge < -0.3 is 74.4 Å². The topological polar surface area (TPSA) is 269 Å². The summed E-state index contributed by atoms with van der Waals surface area (Å²) in [5.74, 6) is -3.45. The molecule has 3 aromatic rings. The summed E-state index contributed by atoms with van der Waals surface area (Å²) in [6.45, 7) is 0.853. The van der Waals surface area contributed by atoms with Crippen LogP contribution in [0, 0.1) is 0 Å². The Kier molecular flexibility index (Phi) is 8.41. The van der Waals surface area contributed by atoms with Crippen LogP contribution in [0.1, 0.15) is 6.92 Å². The molecule has 3 heterocycles. The first-order chi connectivity index (χ1) is 20.3. The van der Waals surface area contributed by atoms with Crippen molar-refractivity contribution in [1.82, 2.24) is 0 Å². The molecule has 1 aromatic heterocycles. The van der Waals surface area contributed by atoms with E-state index in [0.29, 0.717) is 0 Å². The quantitative estimate of drug-likeness (QED) is 0.140. The van der Waals surface area contributed by atoms with E-state index in [1.54, 1.807) is 0 Å². The van der Waals surface area contributed by atoms with E-state index in [2.05, 4.69) is 0 Å². The minimum absolute atomic E-state index is 0.0902. The Morgan fingerprint density at radius 1 is 0.744 bits per heavy atom. The third-order valence-corrected chi connectivity index (χ3v) is 7.34. The molecule has 2 aliphatic heterocycles. The molecular formula is C27H30O16. The molecule has 16 heteroatoms. The Balaban J connectivity index is 1.40. The standard InChI is InChI=1S/C27H30O16/c1-8-18(31)22(35)24(37)26(40-8)39-7-16-20(33)23(36)25(38)27(43-16)42-15-6-14-17(21(34)19(15)32)12(30)5-13(41-14)9-2-3-10(28)11(29)4-9/h2-6,8,16,18,20,22-29,31-38H,7H2,1H3/t8-,16+,18-,20+,22+,23-,24+,25+,26+,27+/m0/s1. The normalized spacial score (nSPS) is 33.0. The second kappa shape index (κ2) is 11.8. The third-order valence-electron chi connectivity index (χ3n) is 7.34. The third kappa shape index (κ3) is 5.67. The molecule has 2 aliphatic rings. The van der Waals surface area contributed by atoms with Gasteiger partial charge in [0.25, 0.3) is 0 Å². The van der Waals surface area contributed by atoms with Gasteiger partial charge in [0.05, 0.1) is 12.7 Å². The average molecular weight is 611 g/mol. The van der Waals surface area contributed by atoms with Crippen LogP contribution in [-0.2, 0) is 14.2 Å². The lowest BCUT2D eigenvalue weighted by Gasteiger charge is -2.42. The number of benzene rings is 2. The second-order valence-corrected chi connectivity index (χ2v) is 10.3. The molecule has 2 fully saturated rings. The molecule has 16 nitrogen and oxygen atoms in total. The summed E-state index contributed by atoms with van der Waals surface area (Å²) in [7, 11) is 0. The van der Waals surface area contributed by atoms with Gasteiger partial charge in [-0.2, -0.15) is 0 Å². The van der Waals surface area contributed by atoms with Crippen LogP contribution in [0.4, 0.5) is 0 Å². The smallest absolute Gasteiger partial charge is 0.229 e. The Hall–Kier alpha value is -3.71. The summed E-state index contributed by atoms with van der Waals surface area (Å²) in [6, 6.07) is 5.61. The molecule has 5 rings (SSSR count). The van der Waals surface area contributed by atoms with Crippen LogP contribution in [0.5, 0.6) is 28.7 Å². The maximum Gasteiger partial charge on any atom is 0.229 e. The zero-order valence-corrected chi connectivity index (χ0v) is 22.3. The van der Waals surface area contributed by atoms with Crippen molar-refractivity contribution in [2.24, 2.45) is 0 Å². The predicted molar refractivity (Wildman–Crippen MR) is 140 cm³/mol. The van der Waals surface area contributed by atoms with Gasteiger partial charge in [-0.25, -0.2) is 0 Å². The summed E-state index contributed by atoms with van der Waals surface area (Å²) in [4.78, 5) is 12.8. The lowest BCUT2D eigenvalue weighted by Crippen LogP contribution is -2.61. The van der Waals surface area contributed by atoms with Crippen molar-refractivity contribution in [3.8, 4) is 40.1 Å². The van der Waals surface area contributed by atoms with Crippen LogP contribution in [0.3, 0.4) is 0 Å². The van der Waals surface area contributed by atoms with Gasteiger partial charge in [-0.15, -0.1) is 0 Å². The van der Waals surface area contributed by atoms with E-state index >= 15 is 0 Å². The SMILES string of the molecule is C[C@@H]1O[C@@H](OC[C@H]2O[C@@H](Oc3cc4oc(-c5ccc(O)c(O)c5)cc(=O)c4c(O)c3O)[C@H](O)[C@@H](O)[C@@H]2O)[C@H](O)[C@H](O)[C@H]1O. The van der Waals surface area contributed by atoms with Crippen molar-refractivity contribution in [1.29, 1.82) is 0 Å². The fourth-order valence-corrected chi connectivity index (χ4v) is 4.80. The van der Waals surface area contributed by atoms with Crippen molar-refractivity contribution in [3.05, 3.63) is 40.6 Å². The zero-order valence-electron chi connectivity index (χ0n) is 22.3. The fraction of sp³-hybridized carbons (Fsp3) is 0.444. The minimum Gasteiger partial charge on any atom is -0.504 e. The molecule has 0 aliphatic carbocycles. The van der Waals surface area contributed by atoms with Crippen molar-refractivity contribution >= 4 is 11.0 Å². The van der Waals surface area contributed by atoms with E-state index < -0.39 is 108 Å². The van der Waals surface area contributed by atoms with Crippen LogP contribution in [0.25, 0.3) is 22.3 Å². The summed E-state index contributed by atoms with van der Waals surface area (Å²) in [5, 5.41) is 101. The van der Waals surface area contributed by atoms with E-state index in [1.807, 2.05) is 0 Å². The van der Waals surface area contributed by atoms with Crippen LogP contribution >= 0.6 is 0 Å². The van der Waals surface area contributed by atoms with Crippen LogP contribution in [-0.4, -0.2) is 119 Å². The molecule has 10 N–H and O–H groups in total. The lowest BCUT2D eigenvalue weighted by atomic mass is 9.98. The van der Waals surface area contributed by atoms with Crippen LogP contribution in [0.2, 0.25) is 0 Å². The largest absolute Gasteiger partial charge is 0.504 e. The van der Waals surface area contributed by atoms with Gasteiger partial charge in [0.2, 0.25) is 12.0 Å². The number of phenolic OH excluding ortho intramolecular Hbond substituents is 4. The lowest BCUT2D eigenvalue weighted by molar-refractivity contribution is -0.318. The van der Waals surface area contributed by atoms with Gasteiger partial charge in [-0.05, 0) is 25.1 Å². The van der Waals surface area contributed by atoms with E-state index in [9.17, 15) is 55.9 Å². The van der Waals surface area contributed by atoms with E-state index in [1.165, 1.54) is 13.0 Å². The molecule has 0 bridgehead atoms. The van der Waals surface area contributed by atoms with E-state index in [-0.39, 0.29) is 16.9 Å². The number of aromatic hydroxyl groups is 4.